The van der Waals surface area contributed by atoms with Gasteiger partial charge in [0.1, 0.15) is 18.1 Å². The first-order chi connectivity index (χ1) is 12.0. The SMILES string of the molecule is Cc1cc(C(=O)Nc2ccc(NC(=O)[C@H](C)n3ccnc3)cc2)co1. The second-order valence-corrected chi connectivity index (χ2v) is 5.65. The first kappa shape index (κ1) is 16.5. The number of furan rings is 1. The average Bonchev–Trinajstić information content (AvgIpc) is 3.27. The summed E-state index contributed by atoms with van der Waals surface area (Å²) in [6.45, 7) is 3.57. The van der Waals surface area contributed by atoms with Crippen LogP contribution in [0.1, 0.15) is 29.1 Å². The lowest BCUT2D eigenvalue weighted by Crippen LogP contribution is -2.22. The van der Waals surface area contributed by atoms with Gasteiger partial charge in [-0.1, -0.05) is 0 Å². The summed E-state index contributed by atoms with van der Waals surface area (Å²) in [4.78, 5) is 28.2. The fraction of sp³-hybridized carbons (Fsp3) is 0.167. The number of anilines is 2. The molecule has 0 aliphatic heterocycles. The van der Waals surface area contributed by atoms with Gasteiger partial charge in [-0.3, -0.25) is 9.59 Å². The first-order valence-corrected chi connectivity index (χ1v) is 7.78. The normalized spacial score (nSPS) is 11.8. The van der Waals surface area contributed by atoms with Crippen molar-refractivity contribution in [3.05, 3.63) is 66.6 Å². The predicted octanol–water partition coefficient (Wildman–Crippen LogP) is 3.24. The molecule has 25 heavy (non-hydrogen) atoms. The van der Waals surface area contributed by atoms with E-state index in [4.69, 9.17) is 4.42 Å². The van der Waals surface area contributed by atoms with Gasteiger partial charge < -0.3 is 19.6 Å². The molecule has 2 heterocycles. The van der Waals surface area contributed by atoms with Crippen LogP contribution < -0.4 is 10.6 Å². The molecule has 1 atom stereocenters. The van der Waals surface area contributed by atoms with E-state index in [0.29, 0.717) is 22.7 Å². The zero-order valence-corrected chi connectivity index (χ0v) is 13.9. The first-order valence-electron chi connectivity index (χ1n) is 7.78. The summed E-state index contributed by atoms with van der Waals surface area (Å²) < 4.78 is 6.84. The van der Waals surface area contributed by atoms with Crippen molar-refractivity contribution in [2.75, 3.05) is 10.6 Å². The van der Waals surface area contributed by atoms with E-state index < -0.39 is 0 Å². The van der Waals surface area contributed by atoms with E-state index in [9.17, 15) is 9.59 Å². The van der Waals surface area contributed by atoms with Crippen molar-refractivity contribution in [3.8, 4) is 0 Å². The fourth-order valence-electron chi connectivity index (χ4n) is 2.28. The average molecular weight is 338 g/mol. The smallest absolute Gasteiger partial charge is 0.258 e. The Morgan fingerprint density at radius 2 is 1.84 bits per heavy atom. The van der Waals surface area contributed by atoms with Crippen LogP contribution >= 0.6 is 0 Å². The number of aryl methyl sites for hydroxylation is 1. The molecule has 3 rings (SSSR count). The summed E-state index contributed by atoms with van der Waals surface area (Å²) in [7, 11) is 0. The van der Waals surface area contributed by atoms with E-state index in [-0.39, 0.29) is 17.9 Å². The number of aromatic nitrogens is 2. The number of amides is 2. The van der Waals surface area contributed by atoms with Crippen molar-refractivity contribution < 1.29 is 14.0 Å². The number of carbonyl (C=O) groups excluding carboxylic acids is 2. The molecule has 0 spiro atoms. The molecular weight excluding hydrogens is 320 g/mol. The van der Waals surface area contributed by atoms with Crippen LogP contribution in [0.25, 0.3) is 0 Å². The highest BCUT2D eigenvalue weighted by Gasteiger charge is 2.14. The van der Waals surface area contributed by atoms with Gasteiger partial charge in [0, 0.05) is 23.8 Å². The maximum Gasteiger partial charge on any atom is 0.258 e. The third-order valence-corrected chi connectivity index (χ3v) is 3.75. The summed E-state index contributed by atoms with van der Waals surface area (Å²) in [5.41, 5.74) is 1.74. The molecule has 3 aromatic rings. The Morgan fingerprint density at radius 1 is 1.16 bits per heavy atom. The van der Waals surface area contributed by atoms with Crippen LogP contribution in [0, 0.1) is 6.92 Å². The van der Waals surface area contributed by atoms with Crippen molar-refractivity contribution in [1.82, 2.24) is 9.55 Å². The maximum absolute atomic E-state index is 12.2. The third kappa shape index (κ3) is 3.95. The van der Waals surface area contributed by atoms with Crippen molar-refractivity contribution in [3.63, 3.8) is 0 Å². The van der Waals surface area contributed by atoms with Gasteiger partial charge >= 0.3 is 0 Å². The zero-order valence-electron chi connectivity index (χ0n) is 13.9. The van der Waals surface area contributed by atoms with Crippen LogP contribution in [0.5, 0.6) is 0 Å². The Balaban J connectivity index is 1.60. The molecule has 7 heteroatoms. The highest BCUT2D eigenvalue weighted by atomic mass is 16.3. The predicted molar refractivity (Wildman–Crippen MR) is 93.4 cm³/mol. The van der Waals surface area contributed by atoms with Gasteiger partial charge in [0.15, 0.2) is 0 Å². The molecular formula is C18H18N4O3. The molecule has 1 aromatic carbocycles. The number of nitrogens with one attached hydrogen (secondary N) is 2. The standard InChI is InChI=1S/C18H18N4O3/c1-12-9-14(10-25-12)18(24)21-16-5-3-15(4-6-16)20-17(23)13(2)22-8-7-19-11-22/h3-11,13H,1-2H3,(H,20,23)(H,21,24)/t13-/m0/s1. The summed E-state index contributed by atoms with van der Waals surface area (Å²) in [6, 6.07) is 8.21. The monoisotopic (exact) mass is 338 g/mol. The van der Waals surface area contributed by atoms with E-state index in [2.05, 4.69) is 15.6 Å². The number of carbonyl (C=O) groups is 2. The second-order valence-electron chi connectivity index (χ2n) is 5.65. The van der Waals surface area contributed by atoms with Gasteiger partial charge in [-0.2, -0.15) is 0 Å². The van der Waals surface area contributed by atoms with Gasteiger partial charge in [0.25, 0.3) is 5.91 Å². The Labute approximate surface area is 144 Å². The molecule has 0 bridgehead atoms. The lowest BCUT2D eigenvalue weighted by Gasteiger charge is -2.13. The number of rotatable bonds is 5. The van der Waals surface area contributed by atoms with E-state index in [0.717, 1.165) is 0 Å². The van der Waals surface area contributed by atoms with E-state index in [1.165, 1.54) is 6.26 Å². The van der Waals surface area contributed by atoms with Crippen LogP contribution in [0.4, 0.5) is 11.4 Å². The van der Waals surface area contributed by atoms with Crippen molar-refractivity contribution >= 4 is 23.2 Å². The molecule has 2 aromatic heterocycles. The van der Waals surface area contributed by atoms with E-state index in [1.54, 1.807) is 67.5 Å². The number of imidazole rings is 1. The van der Waals surface area contributed by atoms with Crippen LogP contribution in [0.2, 0.25) is 0 Å². The zero-order chi connectivity index (χ0) is 17.8. The minimum Gasteiger partial charge on any atom is -0.469 e. The highest BCUT2D eigenvalue weighted by Crippen LogP contribution is 2.17. The van der Waals surface area contributed by atoms with Gasteiger partial charge in [-0.15, -0.1) is 0 Å². The minimum absolute atomic E-state index is 0.149. The Kier molecular flexibility index (Phi) is 4.65. The molecule has 2 amide bonds. The number of benzene rings is 1. The van der Waals surface area contributed by atoms with Gasteiger partial charge in [-0.25, -0.2) is 4.98 Å². The lowest BCUT2D eigenvalue weighted by atomic mass is 10.2. The van der Waals surface area contributed by atoms with Gasteiger partial charge in [-0.05, 0) is 44.2 Å². The topological polar surface area (TPSA) is 89.2 Å². The number of hydrogen-bond donors (Lipinski definition) is 2. The molecule has 0 fully saturated rings. The summed E-state index contributed by atoms with van der Waals surface area (Å²) in [5, 5.41) is 5.60. The molecule has 2 N–H and O–H groups in total. The van der Waals surface area contributed by atoms with Crippen LogP contribution in [0.3, 0.4) is 0 Å². The molecule has 0 saturated heterocycles. The van der Waals surface area contributed by atoms with E-state index in [1.807, 2.05) is 0 Å². The third-order valence-electron chi connectivity index (χ3n) is 3.75. The van der Waals surface area contributed by atoms with E-state index >= 15 is 0 Å². The second kappa shape index (κ2) is 7.04. The van der Waals surface area contributed by atoms with Crippen molar-refractivity contribution in [2.45, 2.75) is 19.9 Å². The van der Waals surface area contributed by atoms with Crippen LogP contribution in [-0.4, -0.2) is 21.4 Å². The fourth-order valence-corrected chi connectivity index (χ4v) is 2.28. The maximum atomic E-state index is 12.2. The largest absolute Gasteiger partial charge is 0.469 e. The lowest BCUT2D eigenvalue weighted by molar-refractivity contribution is -0.118. The van der Waals surface area contributed by atoms with Crippen LogP contribution in [-0.2, 0) is 4.79 Å². The highest BCUT2D eigenvalue weighted by molar-refractivity contribution is 6.04. The van der Waals surface area contributed by atoms with Crippen molar-refractivity contribution in [2.24, 2.45) is 0 Å². The number of nitrogens with zero attached hydrogens (tertiary/aromatic N) is 2. The van der Waals surface area contributed by atoms with Crippen LogP contribution in [0.15, 0.2) is 59.7 Å². The Morgan fingerprint density at radius 3 is 2.40 bits per heavy atom. The molecule has 0 radical (unpaired) electrons. The molecule has 7 nitrogen and oxygen atoms in total. The van der Waals surface area contributed by atoms with Crippen molar-refractivity contribution in [1.29, 1.82) is 0 Å². The summed E-state index contributed by atoms with van der Waals surface area (Å²) in [6.07, 6.45) is 6.38. The summed E-state index contributed by atoms with van der Waals surface area (Å²) in [5.74, 6) is 0.279. The number of hydrogen-bond acceptors (Lipinski definition) is 4. The minimum atomic E-state index is -0.369. The molecule has 0 aliphatic rings. The quantitative estimate of drug-likeness (QED) is 0.747. The molecule has 0 unspecified atom stereocenters. The molecule has 128 valence electrons. The molecule has 0 saturated carbocycles. The molecule has 0 aliphatic carbocycles. The van der Waals surface area contributed by atoms with Gasteiger partial charge in [0.2, 0.25) is 5.91 Å². The summed E-state index contributed by atoms with van der Waals surface area (Å²) >= 11 is 0. The van der Waals surface area contributed by atoms with Gasteiger partial charge in [0.05, 0.1) is 11.9 Å². The Bertz CT molecular complexity index is 866. The Hall–Kier alpha value is -3.35.